The van der Waals surface area contributed by atoms with Gasteiger partial charge in [0.15, 0.2) is 0 Å². The van der Waals surface area contributed by atoms with Gasteiger partial charge in [-0.05, 0) is 36.9 Å². The Hall–Kier alpha value is -2.20. The Kier molecular flexibility index (Phi) is 4.48. The van der Waals surface area contributed by atoms with Gasteiger partial charge in [0.2, 0.25) is 0 Å². The molecule has 106 valence electrons. The van der Waals surface area contributed by atoms with Crippen molar-refractivity contribution in [2.24, 2.45) is 0 Å². The molecule has 0 spiro atoms. The summed E-state index contributed by atoms with van der Waals surface area (Å²) in [5.41, 5.74) is 2.07. The zero-order valence-electron chi connectivity index (χ0n) is 11.9. The van der Waals surface area contributed by atoms with Crippen LogP contribution in [0.2, 0.25) is 0 Å². The maximum atomic E-state index is 9.39. The Morgan fingerprint density at radius 3 is 2.25 bits per heavy atom. The molecule has 20 heavy (non-hydrogen) atoms. The molecule has 0 radical (unpaired) electrons. The molecule has 1 unspecified atom stereocenters. The fraction of sp³-hybridized carbons (Fsp3) is 0.250. The van der Waals surface area contributed by atoms with Crippen molar-refractivity contribution in [2.75, 3.05) is 21.3 Å². The minimum Gasteiger partial charge on any atom is -0.508 e. The molecule has 0 aliphatic heterocycles. The van der Waals surface area contributed by atoms with E-state index in [0.717, 1.165) is 22.6 Å². The van der Waals surface area contributed by atoms with Crippen molar-refractivity contribution < 1.29 is 14.6 Å². The molecule has 1 atom stereocenters. The molecule has 0 fully saturated rings. The number of nitrogens with one attached hydrogen (secondary N) is 1. The van der Waals surface area contributed by atoms with Gasteiger partial charge in [0.1, 0.15) is 17.2 Å². The number of rotatable bonds is 5. The minimum atomic E-state index is -0.0172. The van der Waals surface area contributed by atoms with E-state index in [0.29, 0.717) is 0 Å². The number of phenolic OH excluding ortho intramolecular Hbond substituents is 1. The maximum Gasteiger partial charge on any atom is 0.127 e. The molecule has 2 rings (SSSR count). The van der Waals surface area contributed by atoms with Crippen LogP contribution in [0.15, 0.2) is 42.5 Å². The van der Waals surface area contributed by atoms with Crippen LogP contribution in [0.5, 0.6) is 17.2 Å². The number of phenols is 1. The van der Waals surface area contributed by atoms with Crippen molar-refractivity contribution in [1.82, 2.24) is 5.32 Å². The van der Waals surface area contributed by atoms with E-state index < -0.39 is 0 Å². The van der Waals surface area contributed by atoms with Crippen molar-refractivity contribution in [3.8, 4) is 17.2 Å². The van der Waals surface area contributed by atoms with Gasteiger partial charge in [0, 0.05) is 11.6 Å². The van der Waals surface area contributed by atoms with Gasteiger partial charge in [-0.2, -0.15) is 0 Å². The molecule has 0 bridgehead atoms. The summed E-state index contributed by atoms with van der Waals surface area (Å²) in [6.45, 7) is 0. The summed E-state index contributed by atoms with van der Waals surface area (Å²) in [6.07, 6.45) is 0. The second kappa shape index (κ2) is 6.30. The summed E-state index contributed by atoms with van der Waals surface area (Å²) in [7, 11) is 5.16. The van der Waals surface area contributed by atoms with Crippen molar-refractivity contribution in [2.45, 2.75) is 6.04 Å². The Morgan fingerprint density at radius 2 is 1.70 bits per heavy atom. The fourth-order valence-corrected chi connectivity index (χ4v) is 2.23. The monoisotopic (exact) mass is 273 g/mol. The molecule has 2 aromatic rings. The van der Waals surface area contributed by atoms with E-state index in [9.17, 15) is 5.11 Å². The van der Waals surface area contributed by atoms with Crippen LogP contribution in [-0.4, -0.2) is 26.4 Å². The summed E-state index contributed by atoms with van der Waals surface area (Å²) in [5, 5.41) is 12.7. The number of benzene rings is 2. The fourth-order valence-electron chi connectivity index (χ4n) is 2.23. The zero-order chi connectivity index (χ0) is 14.5. The molecule has 4 heteroatoms. The Morgan fingerprint density at radius 1 is 1.00 bits per heavy atom. The van der Waals surface area contributed by atoms with Crippen LogP contribution in [0.25, 0.3) is 0 Å². The minimum absolute atomic E-state index is 0.0172. The second-order valence-electron chi connectivity index (χ2n) is 4.42. The first-order chi connectivity index (χ1) is 9.69. The van der Waals surface area contributed by atoms with Gasteiger partial charge in [-0.25, -0.2) is 0 Å². The van der Waals surface area contributed by atoms with E-state index in [4.69, 9.17) is 9.47 Å². The van der Waals surface area contributed by atoms with Gasteiger partial charge < -0.3 is 19.9 Å². The van der Waals surface area contributed by atoms with Gasteiger partial charge in [0.05, 0.1) is 20.3 Å². The van der Waals surface area contributed by atoms with E-state index in [2.05, 4.69) is 5.32 Å². The van der Waals surface area contributed by atoms with Crippen molar-refractivity contribution in [3.05, 3.63) is 53.6 Å². The smallest absolute Gasteiger partial charge is 0.127 e. The maximum absolute atomic E-state index is 9.39. The van der Waals surface area contributed by atoms with Crippen LogP contribution in [-0.2, 0) is 0 Å². The van der Waals surface area contributed by atoms with Crippen LogP contribution in [0.3, 0.4) is 0 Å². The average Bonchev–Trinajstić information content (AvgIpc) is 2.50. The molecule has 2 aromatic carbocycles. The largest absolute Gasteiger partial charge is 0.508 e. The molecule has 4 nitrogen and oxygen atoms in total. The molecule has 0 saturated carbocycles. The SMILES string of the molecule is CNC(c1ccc(O)cc1)c1ccc(OC)cc1OC. The molecular weight excluding hydrogens is 254 g/mol. The lowest BCUT2D eigenvalue weighted by Gasteiger charge is -2.20. The van der Waals surface area contributed by atoms with E-state index in [1.165, 1.54) is 0 Å². The molecule has 2 N–H and O–H groups in total. The highest BCUT2D eigenvalue weighted by Crippen LogP contribution is 2.33. The third-order valence-electron chi connectivity index (χ3n) is 3.27. The van der Waals surface area contributed by atoms with Gasteiger partial charge in [-0.3, -0.25) is 0 Å². The summed E-state index contributed by atoms with van der Waals surface area (Å²) in [5.74, 6) is 1.77. The number of aromatic hydroxyl groups is 1. The van der Waals surface area contributed by atoms with Gasteiger partial charge in [0.25, 0.3) is 0 Å². The number of ether oxygens (including phenoxy) is 2. The van der Waals surface area contributed by atoms with Crippen molar-refractivity contribution >= 4 is 0 Å². The van der Waals surface area contributed by atoms with Gasteiger partial charge >= 0.3 is 0 Å². The predicted octanol–water partition coefficient (Wildman–Crippen LogP) is 2.72. The van der Waals surface area contributed by atoms with Crippen LogP contribution in [0, 0.1) is 0 Å². The van der Waals surface area contributed by atoms with Gasteiger partial charge in [-0.1, -0.05) is 12.1 Å². The molecule has 0 amide bonds. The van der Waals surface area contributed by atoms with Crippen LogP contribution in [0.1, 0.15) is 17.2 Å². The van der Waals surface area contributed by atoms with E-state index in [1.807, 2.05) is 37.4 Å². The molecule has 0 aliphatic rings. The molecule has 0 aliphatic carbocycles. The normalized spacial score (nSPS) is 11.9. The Labute approximate surface area is 119 Å². The van der Waals surface area contributed by atoms with E-state index in [-0.39, 0.29) is 11.8 Å². The van der Waals surface area contributed by atoms with Crippen LogP contribution in [0.4, 0.5) is 0 Å². The first-order valence-corrected chi connectivity index (χ1v) is 6.37. The summed E-state index contributed by atoms with van der Waals surface area (Å²) in [6, 6.07) is 12.9. The Bertz CT molecular complexity index is 566. The first-order valence-electron chi connectivity index (χ1n) is 6.37. The average molecular weight is 273 g/mol. The number of hydrogen-bond donors (Lipinski definition) is 2. The molecule has 0 saturated heterocycles. The summed E-state index contributed by atoms with van der Waals surface area (Å²) < 4.78 is 10.7. The van der Waals surface area contributed by atoms with E-state index in [1.54, 1.807) is 26.4 Å². The standard InChI is InChI=1S/C16H19NO3/c1-17-16(11-4-6-12(18)7-5-11)14-9-8-13(19-2)10-15(14)20-3/h4-10,16-18H,1-3H3. The van der Waals surface area contributed by atoms with Crippen molar-refractivity contribution in [3.63, 3.8) is 0 Å². The third kappa shape index (κ3) is 2.86. The van der Waals surface area contributed by atoms with Crippen LogP contribution < -0.4 is 14.8 Å². The van der Waals surface area contributed by atoms with Crippen LogP contribution >= 0.6 is 0 Å². The van der Waals surface area contributed by atoms with Crippen molar-refractivity contribution in [1.29, 1.82) is 0 Å². The molecular formula is C16H19NO3. The van der Waals surface area contributed by atoms with Gasteiger partial charge in [-0.15, -0.1) is 0 Å². The highest BCUT2D eigenvalue weighted by molar-refractivity contribution is 5.46. The topological polar surface area (TPSA) is 50.7 Å². The number of methoxy groups -OCH3 is 2. The quantitative estimate of drug-likeness (QED) is 0.879. The lowest BCUT2D eigenvalue weighted by molar-refractivity contribution is 0.388. The lowest BCUT2D eigenvalue weighted by Crippen LogP contribution is -2.18. The Balaban J connectivity index is 2.43. The lowest BCUT2D eigenvalue weighted by atomic mass is 9.97. The zero-order valence-corrected chi connectivity index (χ0v) is 11.9. The van der Waals surface area contributed by atoms with E-state index >= 15 is 0 Å². The highest BCUT2D eigenvalue weighted by Gasteiger charge is 2.17. The predicted molar refractivity (Wildman–Crippen MR) is 78.6 cm³/mol. The molecule has 0 aromatic heterocycles. The highest BCUT2D eigenvalue weighted by atomic mass is 16.5. The first kappa shape index (κ1) is 14.2. The summed E-state index contributed by atoms with van der Waals surface area (Å²) >= 11 is 0. The number of hydrogen-bond acceptors (Lipinski definition) is 4. The summed E-state index contributed by atoms with van der Waals surface area (Å²) in [4.78, 5) is 0. The second-order valence-corrected chi connectivity index (χ2v) is 4.42. The third-order valence-corrected chi connectivity index (χ3v) is 3.27. The molecule has 0 heterocycles.